The Morgan fingerprint density at radius 2 is 1.67 bits per heavy atom. The van der Waals surface area contributed by atoms with Gasteiger partial charge in [-0.25, -0.2) is 4.68 Å². The number of benzene rings is 2. The number of nitrogens with zero attached hydrogens (tertiary/aromatic N) is 2. The van der Waals surface area contributed by atoms with E-state index in [9.17, 15) is 9.59 Å². The third kappa shape index (κ3) is 5.42. The quantitative estimate of drug-likeness (QED) is 0.546. The van der Waals surface area contributed by atoms with Crippen LogP contribution < -0.4 is 10.2 Å². The van der Waals surface area contributed by atoms with Crippen molar-refractivity contribution in [3.63, 3.8) is 0 Å². The van der Waals surface area contributed by atoms with E-state index in [0.717, 1.165) is 5.56 Å². The van der Waals surface area contributed by atoms with Crippen LogP contribution in [0.4, 0.5) is 0 Å². The lowest BCUT2D eigenvalue weighted by molar-refractivity contribution is 0.0986. The summed E-state index contributed by atoms with van der Waals surface area (Å²) in [5.41, 5.74) is 1.22. The Balaban J connectivity index is 2.01. The molecule has 3 aromatic rings. The Hall–Kier alpha value is -3.25. The van der Waals surface area contributed by atoms with E-state index in [1.807, 2.05) is 75.4 Å². The maximum Gasteiger partial charge on any atom is 0.211 e. The van der Waals surface area contributed by atoms with Gasteiger partial charge < -0.3 is 9.47 Å². The van der Waals surface area contributed by atoms with Gasteiger partial charge in [0.15, 0.2) is 11.5 Å². The van der Waals surface area contributed by atoms with Gasteiger partial charge in [-0.2, -0.15) is 5.10 Å². The van der Waals surface area contributed by atoms with Gasteiger partial charge in [0, 0.05) is 13.0 Å². The molecule has 30 heavy (non-hydrogen) atoms. The Morgan fingerprint density at radius 3 is 2.33 bits per heavy atom. The smallest absolute Gasteiger partial charge is 0.211 e. The van der Waals surface area contributed by atoms with Crippen LogP contribution in [0.2, 0.25) is 0 Å². The van der Waals surface area contributed by atoms with Crippen molar-refractivity contribution in [2.45, 2.75) is 46.5 Å². The predicted molar refractivity (Wildman–Crippen MR) is 115 cm³/mol. The zero-order valence-corrected chi connectivity index (χ0v) is 17.7. The number of rotatable bonds is 7. The lowest BCUT2D eigenvalue weighted by atomic mass is 10.2. The number of Topliss-reactive ketones (excluding diaryl/α,β-unsaturated/α-hetero) is 1. The van der Waals surface area contributed by atoms with Crippen molar-refractivity contribution < 1.29 is 14.3 Å². The van der Waals surface area contributed by atoms with Crippen molar-refractivity contribution >= 4 is 5.78 Å². The van der Waals surface area contributed by atoms with E-state index in [1.165, 1.54) is 13.0 Å². The fraction of sp³-hybridized carbons (Fsp3) is 0.292. The van der Waals surface area contributed by atoms with Gasteiger partial charge in [0.05, 0.1) is 18.9 Å². The fourth-order valence-electron chi connectivity index (χ4n) is 2.95. The maximum atomic E-state index is 12.4. The molecule has 3 rings (SSSR count). The number of ketones is 1. The number of para-hydroxylation sites is 2. The fourth-order valence-corrected chi connectivity index (χ4v) is 2.95. The molecule has 6 nitrogen and oxygen atoms in total. The monoisotopic (exact) mass is 406 g/mol. The van der Waals surface area contributed by atoms with Crippen LogP contribution in [0.3, 0.4) is 0 Å². The summed E-state index contributed by atoms with van der Waals surface area (Å²) < 4.78 is 13.5. The van der Waals surface area contributed by atoms with E-state index >= 15 is 0 Å². The van der Waals surface area contributed by atoms with Gasteiger partial charge in [0.25, 0.3) is 0 Å². The number of ether oxygens (including phenoxy) is 2. The molecule has 0 N–H and O–H groups in total. The molecule has 0 radical (unpaired) electrons. The first kappa shape index (κ1) is 21.5. The zero-order valence-electron chi connectivity index (χ0n) is 17.7. The van der Waals surface area contributed by atoms with Crippen LogP contribution in [0.15, 0.2) is 65.5 Å². The molecule has 0 unspecified atom stereocenters. The van der Waals surface area contributed by atoms with Crippen LogP contribution in [0.5, 0.6) is 5.75 Å². The predicted octanol–water partition coefficient (Wildman–Crippen LogP) is 4.33. The van der Waals surface area contributed by atoms with Crippen LogP contribution in [0.25, 0.3) is 5.69 Å². The Morgan fingerprint density at radius 1 is 1.00 bits per heavy atom. The van der Waals surface area contributed by atoms with Crippen molar-refractivity contribution in [2.75, 3.05) is 0 Å². The second kappa shape index (κ2) is 9.05. The molecule has 0 aliphatic carbocycles. The summed E-state index contributed by atoms with van der Waals surface area (Å²) >= 11 is 0. The molecule has 6 heteroatoms. The first-order valence-corrected chi connectivity index (χ1v) is 9.79. The van der Waals surface area contributed by atoms with Crippen LogP contribution in [-0.2, 0) is 18.0 Å². The Labute approximate surface area is 176 Å². The van der Waals surface area contributed by atoms with Crippen LogP contribution in [0.1, 0.15) is 49.4 Å². The lowest BCUT2D eigenvalue weighted by Gasteiger charge is -2.24. The van der Waals surface area contributed by atoms with Crippen molar-refractivity contribution in [1.29, 1.82) is 0 Å². The van der Waals surface area contributed by atoms with E-state index in [0.29, 0.717) is 23.7 Å². The maximum absolute atomic E-state index is 12.4. The molecule has 1 heterocycles. The van der Waals surface area contributed by atoms with Gasteiger partial charge >= 0.3 is 0 Å². The second-order valence-electron chi connectivity index (χ2n) is 7.98. The van der Waals surface area contributed by atoms with Crippen molar-refractivity contribution in [1.82, 2.24) is 9.78 Å². The van der Waals surface area contributed by atoms with Gasteiger partial charge in [0.2, 0.25) is 5.43 Å². The molecule has 1 aromatic heterocycles. The SMILES string of the molecule is CC(=O)c1nn(-c2ccccc2OC(C)(C)C)c(COCc2ccccc2)cc1=O. The van der Waals surface area contributed by atoms with Gasteiger partial charge in [-0.1, -0.05) is 42.5 Å². The van der Waals surface area contributed by atoms with Crippen LogP contribution in [-0.4, -0.2) is 21.2 Å². The molecule has 156 valence electrons. The van der Waals surface area contributed by atoms with E-state index in [1.54, 1.807) is 4.68 Å². The highest BCUT2D eigenvalue weighted by molar-refractivity contribution is 5.91. The minimum Gasteiger partial charge on any atom is -0.486 e. The average Bonchev–Trinajstić information content (AvgIpc) is 2.68. The van der Waals surface area contributed by atoms with Crippen molar-refractivity contribution in [3.8, 4) is 11.4 Å². The first-order valence-electron chi connectivity index (χ1n) is 9.79. The molecule has 2 aromatic carbocycles. The van der Waals surface area contributed by atoms with Crippen molar-refractivity contribution in [3.05, 3.63) is 87.8 Å². The number of carbonyl (C=O) groups is 1. The number of hydrogen-bond donors (Lipinski definition) is 0. The molecule has 0 spiro atoms. The minimum atomic E-state index is -0.428. The van der Waals surface area contributed by atoms with Gasteiger partial charge in [-0.3, -0.25) is 9.59 Å². The highest BCUT2D eigenvalue weighted by Gasteiger charge is 2.19. The second-order valence-corrected chi connectivity index (χ2v) is 7.98. The van der Waals surface area contributed by atoms with Crippen molar-refractivity contribution in [2.24, 2.45) is 0 Å². The standard InChI is InChI=1S/C24H26N2O4/c1-17(27)23-21(28)14-19(16-29-15-18-10-6-5-7-11-18)26(25-23)20-12-8-9-13-22(20)30-24(2,3)4/h5-14H,15-16H2,1-4H3. The lowest BCUT2D eigenvalue weighted by Crippen LogP contribution is -2.26. The molecular weight excluding hydrogens is 380 g/mol. The van der Waals surface area contributed by atoms with E-state index in [-0.39, 0.29) is 18.1 Å². The molecule has 0 aliphatic rings. The molecule has 0 fully saturated rings. The molecular formula is C24H26N2O4. The molecule has 0 amide bonds. The van der Waals surface area contributed by atoms with E-state index in [4.69, 9.17) is 9.47 Å². The van der Waals surface area contributed by atoms with Gasteiger partial charge in [-0.15, -0.1) is 0 Å². The summed E-state index contributed by atoms with van der Waals surface area (Å²) in [7, 11) is 0. The topological polar surface area (TPSA) is 70.4 Å². The normalized spacial score (nSPS) is 11.3. The summed E-state index contributed by atoms with van der Waals surface area (Å²) in [5.74, 6) is 0.208. The summed E-state index contributed by atoms with van der Waals surface area (Å²) in [6.07, 6.45) is 0. The number of aromatic nitrogens is 2. The zero-order chi connectivity index (χ0) is 21.7. The summed E-state index contributed by atoms with van der Waals surface area (Å²) in [5, 5.41) is 4.35. The van der Waals surface area contributed by atoms with Gasteiger partial charge in [0.1, 0.15) is 17.0 Å². The molecule has 0 saturated carbocycles. The molecule has 0 atom stereocenters. The summed E-state index contributed by atoms with van der Waals surface area (Å²) in [6.45, 7) is 7.73. The summed E-state index contributed by atoms with van der Waals surface area (Å²) in [4.78, 5) is 24.4. The highest BCUT2D eigenvalue weighted by atomic mass is 16.5. The number of hydrogen-bond acceptors (Lipinski definition) is 5. The Bertz CT molecular complexity index is 1080. The van der Waals surface area contributed by atoms with E-state index in [2.05, 4.69) is 5.10 Å². The van der Waals surface area contributed by atoms with Crippen LogP contribution >= 0.6 is 0 Å². The van der Waals surface area contributed by atoms with Gasteiger partial charge in [-0.05, 0) is 38.5 Å². The third-order valence-electron chi connectivity index (χ3n) is 4.21. The third-order valence-corrected chi connectivity index (χ3v) is 4.21. The number of carbonyl (C=O) groups excluding carboxylic acids is 1. The van der Waals surface area contributed by atoms with Crippen LogP contribution in [0, 0.1) is 0 Å². The average molecular weight is 406 g/mol. The largest absolute Gasteiger partial charge is 0.486 e. The molecule has 0 aliphatic heterocycles. The molecule has 0 saturated heterocycles. The van der Waals surface area contributed by atoms with E-state index < -0.39 is 11.0 Å². The Kier molecular flexibility index (Phi) is 6.47. The highest BCUT2D eigenvalue weighted by Crippen LogP contribution is 2.27. The molecule has 0 bridgehead atoms. The first-order chi connectivity index (χ1) is 14.2. The minimum absolute atomic E-state index is 0.118. The summed E-state index contributed by atoms with van der Waals surface area (Å²) in [6, 6.07) is 18.6.